The maximum atomic E-state index is 10.4. The minimum atomic E-state index is 0.0260. The lowest BCUT2D eigenvalue weighted by Gasteiger charge is -2.29. The van der Waals surface area contributed by atoms with E-state index in [0.29, 0.717) is 5.92 Å². The summed E-state index contributed by atoms with van der Waals surface area (Å²) in [5, 5.41) is 0. The number of isocyanates is 1. The first-order chi connectivity index (χ1) is 6.37. The van der Waals surface area contributed by atoms with Crippen LogP contribution in [0.5, 0.6) is 0 Å². The fourth-order valence-corrected chi connectivity index (χ4v) is 3.15. The molecule has 0 saturated heterocycles. The molecule has 2 rings (SSSR count). The van der Waals surface area contributed by atoms with E-state index in [1.54, 1.807) is 6.08 Å². The van der Waals surface area contributed by atoms with Gasteiger partial charge in [-0.25, -0.2) is 4.79 Å². The van der Waals surface area contributed by atoms with Gasteiger partial charge in [0.1, 0.15) is 0 Å². The third-order valence-corrected chi connectivity index (χ3v) is 3.85. The van der Waals surface area contributed by atoms with Crippen LogP contribution in [0.3, 0.4) is 0 Å². The van der Waals surface area contributed by atoms with E-state index < -0.39 is 0 Å². The maximum absolute atomic E-state index is 10.4. The molecule has 72 valence electrons. The van der Waals surface area contributed by atoms with Gasteiger partial charge < -0.3 is 0 Å². The first kappa shape index (κ1) is 8.96. The van der Waals surface area contributed by atoms with Crippen molar-refractivity contribution in [1.29, 1.82) is 0 Å². The van der Waals surface area contributed by atoms with Gasteiger partial charge in [-0.2, -0.15) is 4.99 Å². The highest BCUT2D eigenvalue weighted by Gasteiger charge is 2.42. The summed E-state index contributed by atoms with van der Waals surface area (Å²) in [5.41, 5.74) is 0.0260. The second-order valence-corrected chi connectivity index (χ2v) is 4.50. The molecule has 13 heavy (non-hydrogen) atoms. The summed E-state index contributed by atoms with van der Waals surface area (Å²) in [6.45, 7) is 0. The Hall–Kier alpha value is -0.620. The molecular weight excluding hydrogens is 162 g/mol. The Morgan fingerprint density at radius 3 is 2.23 bits per heavy atom. The van der Waals surface area contributed by atoms with Gasteiger partial charge in [0.2, 0.25) is 6.08 Å². The molecule has 0 aromatic carbocycles. The summed E-state index contributed by atoms with van der Waals surface area (Å²) in [5.74, 6) is 0.691. The quantitative estimate of drug-likeness (QED) is 0.473. The molecule has 0 unspecified atom stereocenters. The summed E-state index contributed by atoms with van der Waals surface area (Å²) < 4.78 is 0. The average Bonchev–Trinajstić information content (AvgIpc) is 2.73. The van der Waals surface area contributed by atoms with Crippen LogP contribution < -0.4 is 0 Å². The molecule has 0 amide bonds. The van der Waals surface area contributed by atoms with Crippen LogP contribution in [0.1, 0.15) is 51.4 Å². The van der Waals surface area contributed by atoms with Crippen molar-refractivity contribution < 1.29 is 4.79 Å². The Labute approximate surface area is 79.4 Å². The van der Waals surface area contributed by atoms with Crippen molar-refractivity contribution in [3.63, 3.8) is 0 Å². The van der Waals surface area contributed by atoms with Crippen LogP contribution in [0.25, 0.3) is 0 Å². The SMILES string of the molecule is O=C=NC1(C2CCCC2)CCCC1. The number of aliphatic imine (C=N–C) groups is 1. The largest absolute Gasteiger partial charge is 0.235 e. The Morgan fingerprint density at radius 2 is 1.69 bits per heavy atom. The summed E-state index contributed by atoms with van der Waals surface area (Å²) >= 11 is 0. The lowest BCUT2D eigenvalue weighted by molar-refractivity contribution is 0.282. The van der Waals surface area contributed by atoms with Crippen molar-refractivity contribution in [3.8, 4) is 0 Å². The first-order valence-electron chi connectivity index (χ1n) is 5.46. The molecule has 0 radical (unpaired) electrons. The first-order valence-corrected chi connectivity index (χ1v) is 5.46. The highest BCUT2D eigenvalue weighted by Crippen LogP contribution is 2.46. The number of hydrogen-bond acceptors (Lipinski definition) is 2. The van der Waals surface area contributed by atoms with E-state index in [1.807, 2.05) is 0 Å². The second kappa shape index (κ2) is 3.63. The molecule has 0 bridgehead atoms. The number of carbonyl (C=O) groups excluding carboxylic acids is 1. The zero-order valence-electron chi connectivity index (χ0n) is 8.09. The molecule has 2 fully saturated rings. The molecule has 0 N–H and O–H groups in total. The molecule has 2 nitrogen and oxygen atoms in total. The molecular formula is C11H17NO. The van der Waals surface area contributed by atoms with E-state index in [9.17, 15) is 4.79 Å². The lowest BCUT2D eigenvalue weighted by atomic mass is 9.82. The molecule has 0 aromatic heterocycles. The van der Waals surface area contributed by atoms with Gasteiger partial charge in [-0.15, -0.1) is 0 Å². The number of hydrogen-bond donors (Lipinski definition) is 0. The minimum Gasteiger partial charge on any atom is -0.211 e. The maximum Gasteiger partial charge on any atom is 0.235 e. The van der Waals surface area contributed by atoms with E-state index in [2.05, 4.69) is 4.99 Å². The van der Waals surface area contributed by atoms with Crippen molar-refractivity contribution in [2.75, 3.05) is 0 Å². The Kier molecular flexibility index (Phi) is 2.50. The number of rotatable bonds is 2. The zero-order valence-corrected chi connectivity index (χ0v) is 8.09. The normalized spacial score (nSPS) is 27.4. The van der Waals surface area contributed by atoms with E-state index in [1.165, 1.54) is 38.5 Å². The molecule has 0 atom stereocenters. The second-order valence-electron chi connectivity index (χ2n) is 4.50. The Bertz CT molecular complexity index is 218. The van der Waals surface area contributed by atoms with Gasteiger partial charge in [0, 0.05) is 0 Å². The van der Waals surface area contributed by atoms with Gasteiger partial charge in [0.05, 0.1) is 5.54 Å². The summed E-state index contributed by atoms with van der Waals surface area (Å²) in [6, 6.07) is 0. The Morgan fingerprint density at radius 1 is 1.08 bits per heavy atom. The Balaban J connectivity index is 2.15. The van der Waals surface area contributed by atoms with Crippen molar-refractivity contribution in [3.05, 3.63) is 0 Å². The van der Waals surface area contributed by atoms with Crippen LogP contribution in [-0.2, 0) is 4.79 Å². The standard InChI is InChI=1S/C11H17NO/c13-9-12-11(7-3-4-8-11)10-5-1-2-6-10/h10H,1-8H2. The molecule has 2 saturated carbocycles. The third-order valence-electron chi connectivity index (χ3n) is 3.85. The molecule has 2 aliphatic carbocycles. The van der Waals surface area contributed by atoms with Crippen LogP contribution in [0.15, 0.2) is 4.99 Å². The van der Waals surface area contributed by atoms with Crippen LogP contribution in [-0.4, -0.2) is 11.6 Å². The van der Waals surface area contributed by atoms with Gasteiger partial charge in [-0.05, 0) is 31.6 Å². The topological polar surface area (TPSA) is 29.4 Å². The highest BCUT2D eigenvalue weighted by molar-refractivity contribution is 5.35. The van der Waals surface area contributed by atoms with Crippen LogP contribution in [0.2, 0.25) is 0 Å². The summed E-state index contributed by atoms with van der Waals surface area (Å²) in [7, 11) is 0. The molecule has 0 aliphatic heterocycles. The number of nitrogens with zero attached hydrogens (tertiary/aromatic N) is 1. The lowest BCUT2D eigenvalue weighted by Crippen LogP contribution is -2.31. The van der Waals surface area contributed by atoms with E-state index in [0.717, 1.165) is 12.8 Å². The predicted octanol–water partition coefficient (Wildman–Crippen LogP) is 2.83. The van der Waals surface area contributed by atoms with Crippen molar-refractivity contribution in [2.45, 2.75) is 56.9 Å². The van der Waals surface area contributed by atoms with Gasteiger partial charge in [-0.1, -0.05) is 25.7 Å². The van der Waals surface area contributed by atoms with Gasteiger partial charge in [-0.3, -0.25) is 0 Å². The van der Waals surface area contributed by atoms with Crippen molar-refractivity contribution in [2.24, 2.45) is 10.9 Å². The third kappa shape index (κ3) is 1.55. The fraction of sp³-hybridized carbons (Fsp3) is 0.909. The average molecular weight is 179 g/mol. The van der Waals surface area contributed by atoms with E-state index >= 15 is 0 Å². The van der Waals surface area contributed by atoms with Crippen LogP contribution >= 0.6 is 0 Å². The van der Waals surface area contributed by atoms with E-state index in [4.69, 9.17) is 0 Å². The molecule has 0 heterocycles. The molecule has 2 heteroatoms. The highest BCUT2D eigenvalue weighted by atomic mass is 16.1. The van der Waals surface area contributed by atoms with Gasteiger partial charge in [0.15, 0.2) is 0 Å². The van der Waals surface area contributed by atoms with Gasteiger partial charge >= 0.3 is 0 Å². The van der Waals surface area contributed by atoms with Crippen LogP contribution in [0, 0.1) is 5.92 Å². The monoisotopic (exact) mass is 179 g/mol. The molecule has 0 aromatic rings. The summed E-state index contributed by atoms with van der Waals surface area (Å²) in [6.07, 6.45) is 11.8. The smallest absolute Gasteiger partial charge is 0.211 e. The van der Waals surface area contributed by atoms with Crippen molar-refractivity contribution in [1.82, 2.24) is 0 Å². The zero-order chi connectivity index (χ0) is 9.15. The van der Waals surface area contributed by atoms with Gasteiger partial charge in [0.25, 0.3) is 0 Å². The fourth-order valence-electron chi connectivity index (χ4n) is 3.15. The van der Waals surface area contributed by atoms with E-state index in [-0.39, 0.29) is 5.54 Å². The molecule has 0 spiro atoms. The molecule has 2 aliphatic rings. The minimum absolute atomic E-state index is 0.0260. The summed E-state index contributed by atoms with van der Waals surface area (Å²) in [4.78, 5) is 14.6. The van der Waals surface area contributed by atoms with Crippen molar-refractivity contribution >= 4 is 6.08 Å². The predicted molar refractivity (Wildman–Crippen MR) is 51.3 cm³/mol. The van der Waals surface area contributed by atoms with Crippen LogP contribution in [0.4, 0.5) is 0 Å².